The largest absolute Gasteiger partial charge is 0.497 e. The van der Waals surface area contributed by atoms with Crippen molar-refractivity contribution in [1.82, 2.24) is 20.2 Å². The highest BCUT2D eigenvalue weighted by Gasteiger charge is 2.28. The van der Waals surface area contributed by atoms with Crippen molar-refractivity contribution in [2.24, 2.45) is 0 Å². The Bertz CT molecular complexity index is 1560. The van der Waals surface area contributed by atoms with Crippen LogP contribution in [0.25, 0.3) is 11.0 Å². The molecular formula is C33H39N5O6. The first-order chi connectivity index (χ1) is 21.4. The molecule has 0 saturated carbocycles. The summed E-state index contributed by atoms with van der Waals surface area (Å²) in [5.74, 6) is 0.501. The van der Waals surface area contributed by atoms with E-state index in [1.807, 2.05) is 72.2 Å². The maximum Gasteiger partial charge on any atom is 0.290 e. The molecule has 0 bridgehead atoms. The summed E-state index contributed by atoms with van der Waals surface area (Å²) in [6.07, 6.45) is 2.61. The number of ether oxygens (including phenoxy) is 1. The Morgan fingerprint density at radius 1 is 1.11 bits per heavy atom. The number of carbonyl (C=O) groups excluding carboxylic acids is 2. The highest BCUT2D eigenvalue weighted by atomic mass is 16.5. The maximum absolute atomic E-state index is 13.7. The van der Waals surface area contributed by atoms with E-state index in [0.29, 0.717) is 49.2 Å². The lowest BCUT2D eigenvalue weighted by molar-refractivity contribution is -0.123. The van der Waals surface area contributed by atoms with Crippen molar-refractivity contribution in [2.45, 2.75) is 51.4 Å². The number of aryl methyl sites for hydroxylation is 1. The lowest BCUT2D eigenvalue weighted by atomic mass is 10.00. The number of fused-ring (bicyclic) bond motifs is 1. The predicted octanol–water partition coefficient (Wildman–Crippen LogP) is 3.38. The van der Waals surface area contributed by atoms with Gasteiger partial charge in [0.05, 0.1) is 36.8 Å². The summed E-state index contributed by atoms with van der Waals surface area (Å²) in [5, 5.41) is 24.5. The molecule has 0 aliphatic carbocycles. The van der Waals surface area contributed by atoms with Gasteiger partial charge in [-0.2, -0.15) is 0 Å². The van der Waals surface area contributed by atoms with E-state index in [9.17, 15) is 14.7 Å². The van der Waals surface area contributed by atoms with Crippen molar-refractivity contribution >= 4 is 35.0 Å². The summed E-state index contributed by atoms with van der Waals surface area (Å²) in [6.45, 7) is 3.88. The molecule has 2 atom stereocenters. The van der Waals surface area contributed by atoms with Gasteiger partial charge in [-0.05, 0) is 55.2 Å². The molecule has 0 spiro atoms. The number of rotatable bonds is 12. The summed E-state index contributed by atoms with van der Waals surface area (Å²) in [7, 11) is 1.63. The number of aliphatic hydroxyl groups is 1. The molecule has 1 saturated heterocycles. The van der Waals surface area contributed by atoms with Crippen LogP contribution in [0, 0.1) is 0 Å². The van der Waals surface area contributed by atoms with Crippen LogP contribution in [0.2, 0.25) is 0 Å². The molecule has 4 N–H and O–H groups in total. The molecule has 1 aliphatic rings. The quantitative estimate of drug-likeness (QED) is 0.181. The molecule has 2 heterocycles. The Hall–Kier alpha value is -4.74. The summed E-state index contributed by atoms with van der Waals surface area (Å²) in [6, 6.07) is 20.6. The minimum atomic E-state index is -0.853. The van der Waals surface area contributed by atoms with Crippen molar-refractivity contribution in [1.29, 1.82) is 0 Å². The number of carboxylic acid groups (broad SMARTS) is 1. The first kappa shape index (κ1) is 32.2. The van der Waals surface area contributed by atoms with Crippen LogP contribution in [0.15, 0.2) is 73.1 Å². The topological polar surface area (TPSA) is 146 Å². The molecule has 0 unspecified atom stereocenters. The zero-order valence-electron chi connectivity index (χ0n) is 25.0. The zero-order chi connectivity index (χ0) is 31.5. The number of hydrogen-bond donors (Lipinski definition) is 4. The van der Waals surface area contributed by atoms with E-state index >= 15 is 0 Å². The maximum atomic E-state index is 13.7. The fraction of sp³-hybridized carbons (Fsp3) is 0.333. The average Bonchev–Trinajstić information content (AvgIpc) is 3.67. The minimum Gasteiger partial charge on any atom is -0.497 e. The summed E-state index contributed by atoms with van der Waals surface area (Å²) in [4.78, 5) is 41.0. The van der Waals surface area contributed by atoms with Crippen LogP contribution in [0.5, 0.6) is 5.75 Å². The smallest absolute Gasteiger partial charge is 0.290 e. The van der Waals surface area contributed by atoms with Gasteiger partial charge >= 0.3 is 0 Å². The van der Waals surface area contributed by atoms with Crippen LogP contribution in [-0.4, -0.2) is 70.4 Å². The number of aromatic nitrogens is 2. The van der Waals surface area contributed by atoms with Gasteiger partial charge < -0.3 is 35.1 Å². The molecule has 3 aromatic carbocycles. The number of aliphatic hydroxyl groups excluding tert-OH is 1. The van der Waals surface area contributed by atoms with Crippen molar-refractivity contribution in [3.8, 4) is 5.75 Å². The number of anilines is 1. The molecule has 1 aromatic heterocycles. The van der Waals surface area contributed by atoms with Crippen LogP contribution in [0.1, 0.15) is 41.3 Å². The minimum absolute atomic E-state index is 0.0365. The molecular weight excluding hydrogens is 562 g/mol. The van der Waals surface area contributed by atoms with Gasteiger partial charge in [-0.1, -0.05) is 42.5 Å². The van der Waals surface area contributed by atoms with Crippen molar-refractivity contribution in [2.75, 3.05) is 25.1 Å². The van der Waals surface area contributed by atoms with Gasteiger partial charge in [-0.15, -0.1) is 0 Å². The molecule has 0 radical (unpaired) electrons. The number of amides is 2. The fourth-order valence-electron chi connectivity index (χ4n) is 5.33. The van der Waals surface area contributed by atoms with Gasteiger partial charge in [0, 0.05) is 38.2 Å². The first-order valence-electron chi connectivity index (χ1n) is 14.6. The Morgan fingerprint density at radius 3 is 2.55 bits per heavy atom. The number of benzene rings is 3. The number of imidazole rings is 1. The lowest BCUT2D eigenvalue weighted by Gasteiger charge is -2.25. The fourth-order valence-corrected chi connectivity index (χ4v) is 5.33. The van der Waals surface area contributed by atoms with Crippen LogP contribution < -0.4 is 20.3 Å². The summed E-state index contributed by atoms with van der Waals surface area (Å²) in [5.41, 5.74) is 4.63. The normalized spacial score (nSPS) is 14.1. The van der Waals surface area contributed by atoms with E-state index in [4.69, 9.17) is 14.6 Å². The second-order valence-corrected chi connectivity index (χ2v) is 10.5. The number of nitrogens with zero attached hydrogens (tertiary/aromatic N) is 3. The third kappa shape index (κ3) is 8.00. The Morgan fingerprint density at radius 2 is 1.86 bits per heavy atom. The summed E-state index contributed by atoms with van der Waals surface area (Å²) >= 11 is 0. The number of carbonyl (C=O) groups is 3. The van der Waals surface area contributed by atoms with E-state index in [1.165, 1.54) is 0 Å². The number of nitrogens with one attached hydrogen (secondary N) is 2. The monoisotopic (exact) mass is 601 g/mol. The van der Waals surface area contributed by atoms with Gasteiger partial charge in [-0.25, -0.2) is 4.98 Å². The number of hydrogen-bond acceptors (Lipinski definition) is 7. The average molecular weight is 602 g/mol. The molecule has 11 nitrogen and oxygen atoms in total. The van der Waals surface area contributed by atoms with E-state index in [1.54, 1.807) is 24.4 Å². The molecule has 2 amide bonds. The van der Waals surface area contributed by atoms with Gasteiger partial charge in [0.2, 0.25) is 5.91 Å². The van der Waals surface area contributed by atoms with Gasteiger partial charge in [0.1, 0.15) is 11.3 Å². The van der Waals surface area contributed by atoms with Crippen molar-refractivity contribution in [3.63, 3.8) is 0 Å². The third-order valence-corrected chi connectivity index (χ3v) is 7.57. The van der Waals surface area contributed by atoms with E-state index in [0.717, 1.165) is 28.8 Å². The van der Waals surface area contributed by atoms with E-state index in [-0.39, 0.29) is 24.8 Å². The Labute approximate surface area is 256 Å². The number of methoxy groups -OCH3 is 1. The van der Waals surface area contributed by atoms with E-state index < -0.39 is 12.1 Å². The van der Waals surface area contributed by atoms with Gasteiger partial charge in [0.25, 0.3) is 12.4 Å². The van der Waals surface area contributed by atoms with Gasteiger partial charge in [-0.3, -0.25) is 14.4 Å². The Kier molecular flexibility index (Phi) is 11.4. The second kappa shape index (κ2) is 15.6. The highest BCUT2D eigenvalue weighted by molar-refractivity contribution is 6.07. The van der Waals surface area contributed by atoms with Crippen LogP contribution in [0.3, 0.4) is 0 Å². The zero-order valence-corrected chi connectivity index (χ0v) is 25.0. The predicted molar refractivity (Wildman–Crippen MR) is 168 cm³/mol. The molecule has 11 heteroatoms. The second-order valence-electron chi connectivity index (χ2n) is 10.5. The highest BCUT2D eigenvalue weighted by Crippen LogP contribution is 2.31. The lowest BCUT2D eigenvalue weighted by Crippen LogP contribution is -2.48. The molecule has 5 rings (SSSR count). The van der Waals surface area contributed by atoms with Gasteiger partial charge in [0.15, 0.2) is 0 Å². The molecule has 44 heavy (non-hydrogen) atoms. The summed E-state index contributed by atoms with van der Waals surface area (Å²) < 4.78 is 7.27. The Balaban J connectivity index is 0.00000141. The standard InChI is InChI=1S/C32H37N5O4.CH2O2/c1-3-36-21-34-31-27(36)17-24(18-28(31)37-14-8-13-30(37)39)32(40)35-26(16-22-9-5-4-6-10-22)29(38)20-33-19-23-11-7-12-25(15-23)41-2;2-1-3/h4-7,9-12,15,17-18,21,26,29,33,38H,3,8,13-14,16,19-20H2,1-2H3,(H,35,40);1H,(H,2,3)/t26-,29+;/m0./s1. The van der Waals surface area contributed by atoms with Crippen molar-refractivity contribution < 1.29 is 29.3 Å². The molecule has 232 valence electrons. The van der Waals surface area contributed by atoms with Crippen LogP contribution >= 0.6 is 0 Å². The molecule has 1 aliphatic heterocycles. The third-order valence-electron chi connectivity index (χ3n) is 7.57. The van der Waals surface area contributed by atoms with Crippen LogP contribution in [-0.2, 0) is 29.1 Å². The molecule has 1 fully saturated rings. The molecule has 4 aromatic rings. The van der Waals surface area contributed by atoms with Crippen molar-refractivity contribution in [3.05, 3.63) is 89.7 Å². The first-order valence-corrected chi connectivity index (χ1v) is 14.6. The van der Waals surface area contributed by atoms with Crippen LogP contribution in [0.4, 0.5) is 5.69 Å². The van der Waals surface area contributed by atoms with E-state index in [2.05, 4.69) is 15.6 Å². The SMILES string of the molecule is CCn1cnc2c(N3CCCC3=O)cc(C(=O)N[C@@H](Cc3ccccc3)[C@H](O)CNCc3cccc(OC)c3)cc21.O=CO.